The first-order valence-electron chi connectivity index (χ1n) is 10.6. The van der Waals surface area contributed by atoms with Gasteiger partial charge in [-0.15, -0.1) is 0 Å². The topological polar surface area (TPSA) is 57.7 Å². The molecule has 0 bridgehead atoms. The predicted molar refractivity (Wildman–Crippen MR) is 113 cm³/mol. The van der Waals surface area contributed by atoms with Gasteiger partial charge >= 0.3 is 0 Å². The number of carbonyl (C=O) groups excluding carboxylic acids is 1. The average molecular weight is 431 g/mol. The predicted octanol–water partition coefficient (Wildman–Crippen LogP) is 4.02. The SMILES string of the molecule is O=C(c1cccc(F)c1)N1CCN(S(=O)(=O)c2ccc(C3CCCCC3)cc2)CC1. The maximum Gasteiger partial charge on any atom is 0.254 e. The molecule has 2 aromatic carbocycles. The Hall–Kier alpha value is -2.25. The van der Waals surface area contributed by atoms with Gasteiger partial charge in [0.15, 0.2) is 0 Å². The van der Waals surface area contributed by atoms with Crippen molar-refractivity contribution in [3.05, 3.63) is 65.5 Å². The first-order valence-corrected chi connectivity index (χ1v) is 12.0. The fraction of sp³-hybridized carbons (Fsp3) is 0.435. The van der Waals surface area contributed by atoms with Gasteiger partial charge in [-0.2, -0.15) is 4.31 Å². The van der Waals surface area contributed by atoms with Crippen LogP contribution in [0.15, 0.2) is 53.4 Å². The van der Waals surface area contributed by atoms with Crippen LogP contribution in [-0.2, 0) is 10.0 Å². The molecule has 7 heteroatoms. The van der Waals surface area contributed by atoms with E-state index in [-0.39, 0.29) is 37.6 Å². The number of sulfonamides is 1. The van der Waals surface area contributed by atoms with Crippen LogP contribution in [0.1, 0.15) is 53.9 Å². The van der Waals surface area contributed by atoms with E-state index in [1.807, 2.05) is 12.1 Å². The van der Waals surface area contributed by atoms with Gasteiger partial charge in [0.25, 0.3) is 5.91 Å². The van der Waals surface area contributed by atoms with Crippen LogP contribution in [0.4, 0.5) is 4.39 Å². The molecule has 1 saturated heterocycles. The Morgan fingerprint density at radius 2 is 1.57 bits per heavy atom. The third-order valence-electron chi connectivity index (χ3n) is 6.19. The molecule has 0 N–H and O–H groups in total. The number of hydrogen-bond donors (Lipinski definition) is 0. The summed E-state index contributed by atoms with van der Waals surface area (Å²) in [6.45, 7) is 1.03. The van der Waals surface area contributed by atoms with E-state index in [4.69, 9.17) is 0 Å². The average Bonchev–Trinajstić information content (AvgIpc) is 2.79. The van der Waals surface area contributed by atoms with Gasteiger partial charge in [0.2, 0.25) is 10.0 Å². The van der Waals surface area contributed by atoms with Crippen molar-refractivity contribution in [2.45, 2.75) is 42.9 Å². The van der Waals surface area contributed by atoms with Gasteiger partial charge in [-0.05, 0) is 54.7 Å². The highest BCUT2D eigenvalue weighted by atomic mass is 32.2. The Kier molecular flexibility index (Phi) is 6.20. The summed E-state index contributed by atoms with van der Waals surface area (Å²) >= 11 is 0. The minimum Gasteiger partial charge on any atom is -0.336 e. The van der Waals surface area contributed by atoms with Crippen LogP contribution >= 0.6 is 0 Å². The van der Waals surface area contributed by atoms with E-state index < -0.39 is 15.8 Å². The fourth-order valence-electron chi connectivity index (χ4n) is 4.43. The summed E-state index contributed by atoms with van der Waals surface area (Å²) in [5, 5.41) is 0. The van der Waals surface area contributed by atoms with Crippen molar-refractivity contribution in [1.82, 2.24) is 9.21 Å². The standard InChI is InChI=1S/C23H27FN2O3S/c24-21-8-4-7-20(17-21)23(27)25-13-15-26(16-14-25)30(28,29)22-11-9-19(10-12-22)18-5-2-1-3-6-18/h4,7-12,17-18H,1-3,5-6,13-16H2. The molecule has 1 aliphatic carbocycles. The molecule has 0 spiro atoms. The van der Waals surface area contributed by atoms with E-state index in [1.54, 1.807) is 23.1 Å². The normalized spacial score (nSPS) is 19.0. The Bertz CT molecular complexity index is 993. The van der Waals surface area contributed by atoms with Crippen LogP contribution < -0.4 is 0 Å². The minimum absolute atomic E-state index is 0.230. The van der Waals surface area contributed by atoms with Crippen LogP contribution in [-0.4, -0.2) is 49.7 Å². The van der Waals surface area contributed by atoms with Crippen LogP contribution in [0, 0.1) is 5.82 Å². The highest BCUT2D eigenvalue weighted by Crippen LogP contribution is 2.33. The molecule has 1 aliphatic heterocycles. The molecule has 0 unspecified atom stereocenters. The number of piperazine rings is 1. The molecule has 1 heterocycles. The molecule has 2 aromatic rings. The van der Waals surface area contributed by atoms with Crippen molar-refractivity contribution >= 4 is 15.9 Å². The second-order valence-corrected chi connectivity index (χ2v) is 10.0. The number of halogens is 1. The number of benzene rings is 2. The maximum atomic E-state index is 13.4. The third-order valence-corrected chi connectivity index (χ3v) is 8.10. The molecule has 4 rings (SSSR count). The van der Waals surface area contributed by atoms with Crippen molar-refractivity contribution < 1.29 is 17.6 Å². The van der Waals surface area contributed by atoms with Gasteiger partial charge in [0.1, 0.15) is 5.82 Å². The van der Waals surface area contributed by atoms with Crippen molar-refractivity contribution in [3.8, 4) is 0 Å². The Labute approximate surface area is 177 Å². The van der Waals surface area contributed by atoms with E-state index in [1.165, 1.54) is 60.2 Å². The monoisotopic (exact) mass is 430 g/mol. The zero-order valence-electron chi connectivity index (χ0n) is 17.0. The van der Waals surface area contributed by atoms with Gasteiger partial charge in [-0.25, -0.2) is 12.8 Å². The highest BCUT2D eigenvalue weighted by molar-refractivity contribution is 7.89. The maximum absolute atomic E-state index is 13.4. The van der Waals surface area contributed by atoms with Crippen molar-refractivity contribution in [2.24, 2.45) is 0 Å². The minimum atomic E-state index is -3.59. The van der Waals surface area contributed by atoms with Gasteiger partial charge in [0, 0.05) is 31.7 Å². The van der Waals surface area contributed by atoms with Gasteiger partial charge < -0.3 is 4.90 Å². The summed E-state index contributed by atoms with van der Waals surface area (Å²) in [6.07, 6.45) is 6.12. The van der Waals surface area contributed by atoms with E-state index >= 15 is 0 Å². The Morgan fingerprint density at radius 1 is 0.900 bits per heavy atom. The number of nitrogens with zero attached hydrogens (tertiary/aromatic N) is 2. The summed E-state index contributed by atoms with van der Waals surface area (Å²) < 4.78 is 40.9. The lowest BCUT2D eigenvalue weighted by molar-refractivity contribution is 0.0697. The Morgan fingerprint density at radius 3 is 2.20 bits per heavy atom. The molecule has 2 aliphatic rings. The summed E-state index contributed by atoms with van der Waals surface area (Å²) in [6, 6.07) is 12.9. The second kappa shape index (κ2) is 8.86. The quantitative estimate of drug-likeness (QED) is 0.736. The number of rotatable bonds is 4. The molecule has 2 fully saturated rings. The van der Waals surface area contributed by atoms with Crippen LogP contribution in [0.3, 0.4) is 0 Å². The fourth-order valence-corrected chi connectivity index (χ4v) is 5.85. The molecule has 0 aromatic heterocycles. The zero-order valence-corrected chi connectivity index (χ0v) is 17.8. The second-order valence-electron chi connectivity index (χ2n) is 8.11. The summed E-state index contributed by atoms with van der Waals surface area (Å²) in [5.74, 6) is -0.199. The molecule has 0 radical (unpaired) electrons. The van der Waals surface area contributed by atoms with Crippen molar-refractivity contribution in [3.63, 3.8) is 0 Å². The summed E-state index contributed by atoms with van der Waals surface area (Å²) in [4.78, 5) is 14.4. The van der Waals surface area contributed by atoms with E-state index in [0.29, 0.717) is 10.8 Å². The largest absolute Gasteiger partial charge is 0.336 e. The summed E-state index contributed by atoms with van der Waals surface area (Å²) in [5.41, 5.74) is 1.50. The first-order chi connectivity index (χ1) is 14.4. The molecule has 160 valence electrons. The zero-order chi connectivity index (χ0) is 21.1. The highest BCUT2D eigenvalue weighted by Gasteiger charge is 2.30. The van der Waals surface area contributed by atoms with Crippen molar-refractivity contribution in [1.29, 1.82) is 0 Å². The number of carbonyl (C=O) groups is 1. The lowest BCUT2D eigenvalue weighted by Gasteiger charge is -2.34. The molecule has 1 amide bonds. The van der Waals surface area contributed by atoms with Crippen LogP contribution in [0.5, 0.6) is 0 Å². The molecular weight excluding hydrogens is 403 g/mol. The first kappa shape index (κ1) is 21.0. The van der Waals surface area contributed by atoms with Crippen LogP contribution in [0.2, 0.25) is 0 Å². The van der Waals surface area contributed by atoms with Crippen LogP contribution in [0.25, 0.3) is 0 Å². The van der Waals surface area contributed by atoms with Gasteiger partial charge in [-0.1, -0.05) is 37.5 Å². The van der Waals surface area contributed by atoms with Gasteiger partial charge in [-0.3, -0.25) is 4.79 Å². The van der Waals surface area contributed by atoms with Gasteiger partial charge in [0.05, 0.1) is 4.90 Å². The molecule has 5 nitrogen and oxygen atoms in total. The smallest absolute Gasteiger partial charge is 0.254 e. The lowest BCUT2D eigenvalue weighted by Crippen LogP contribution is -2.50. The molecular formula is C23H27FN2O3S. The molecule has 0 atom stereocenters. The third kappa shape index (κ3) is 4.42. The lowest BCUT2D eigenvalue weighted by atomic mass is 9.84. The molecule has 1 saturated carbocycles. The van der Waals surface area contributed by atoms with E-state index in [9.17, 15) is 17.6 Å². The number of amides is 1. The van der Waals surface area contributed by atoms with Crippen molar-refractivity contribution in [2.75, 3.05) is 26.2 Å². The Balaban J connectivity index is 1.40. The van der Waals surface area contributed by atoms with E-state index in [0.717, 1.165) is 0 Å². The molecule has 30 heavy (non-hydrogen) atoms. The number of hydrogen-bond acceptors (Lipinski definition) is 3. The van der Waals surface area contributed by atoms with E-state index in [2.05, 4.69) is 0 Å². The summed E-state index contributed by atoms with van der Waals surface area (Å²) in [7, 11) is -3.59.